The first kappa shape index (κ1) is 15.0. The summed E-state index contributed by atoms with van der Waals surface area (Å²) in [7, 11) is 0. The third-order valence-electron chi connectivity index (χ3n) is 3.45. The normalized spacial score (nSPS) is 10.9. The van der Waals surface area contributed by atoms with Crippen LogP contribution in [0.25, 0.3) is 11.0 Å². The quantitative estimate of drug-likeness (QED) is 0.761. The molecule has 1 amide bonds. The Morgan fingerprint density at radius 1 is 1.33 bits per heavy atom. The van der Waals surface area contributed by atoms with Gasteiger partial charge in [0.25, 0.3) is 0 Å². The standard InChI is InChI=1S/C15H19N3O3/c1-2-14-17-11-7-6-10(15(20)21)9-12(11)18(14)8-4-3-5-13(16)19/h6-7,9H,2-5,8H2,1H3,(H2,16,19)(H,20,21). The molecule has 1 heterocycles. The van der Waals surface area contributed by atoms with Gasteiger partial charge in [0.15, 0.2) is 0 Å². The number of aromatic nitrogens is 2. The Morgan fingerprint density at radius 2 is 2.10 bits per heavy atom. The van der Waals surface area contributed by atoms with Crippen molar-refractivity contribution in [3.63, 3.8) is 0 Å². The minimum atomic E-state index is -0.948. The third kappa shape index (κ3) is 3.39. The number of aromatic carboxylic acids is 1. The van der Waals surface area contributed by atoms with Gasteiger partial charge in [0.2, 0.25) is 5.91 Å². The fourth-order valence-corrected chi connectivity index (χ4v) is 2.39. The molecule has 1 aromatic carbocycles. The summed E-state index contributed by atoms with van der Waals surface area (Å²) in [6, 6.07) is 4.95. The first-order valence-electron chi connectivity index (χ1n) is 7.03. The molecule has 0 aliphatic rings. The summed E-state index contributed by atoms with van der Waals surface area (Å²) in [5.41, 5.74) is 7.00. The molecule has 0 fully saturated rings. The summed E-state index contributed by atoms with van der Waals surface area (Å²) in [6.45, 7) is 2.72. The maximum absolute atomic E-state index is 11.1. The van der Waals surface area contributed by atoms with Crippen LogP contribution < -0.4 is 5.73 Å². The lowest BCUT2D eigenvalue weighted by Crippen LogP contribution is -2.10. The number of carbonyl (C=O) groups is 2. The number of unbranched alkanes of at least 4 members (excludes halogenated alkanes) is 1. The molecule has 0 aliphatic carbocycles. The smallest absolute Gasteiger partial charge is 0.335 e. The molecule has 21 heavy (non-hydrogen) atoms. The molecule has 6 heteroatoms. The highest BCUT2D eigenvalue weighted by atomic mass is 16.4. The van der Waals surface area contributed by atoms with Crippen LogP contribution in [-0.4, -0.2) is 26.5 Å². The first-order valence-corrected chi connectivity index (χ1v) is 7.03. The SMILES string of the molecule is CCc1nc2ccc(C(=O)O)cc2n1CCCCC(N)=O. The van der Waals surface area contributed by atoms with E-state index in [4.69, 9.17) is 10.8 Å². The summed E-state index contributed by atoms with van der Waals surface area (Å²) in [5.74, 6) is -0.322. The van der Waals surface area contributed by atoms with E-state index in [0.29, 0.717) is 13.0 Å². The third-order valence-corrected chi connectivity index (χ3v) is 3.45. The molecular formula is C15H19N3O3. The van der Waals surface area contributed by atoms with Crippen molar-refractivity contribution in [2.24, 2.45) is 5.73 Å². The van der Waals surface area contributed by atoms with E-state index in [1.165, 1.54) is 0 Å². The van der Waals surface area contributed by atoms with Gasteiger partial charge in [0, 0.05) is 19.4 Å². The van der Waals surface area contributed by atoms with Crippen molar-refractivity contribution in [3.8, 4) is 0 Å². The summed E-state index contributed by atoms with van der Waals surface area (Å²) >= 11 is 0. The molecule has 0 atom stereocenters. The van der Waals surface area contributed by atoms with Gasteiger partial charge in [-0.2, -0.15) is 0 Å². The number of rotatable bonds is 7. The average molecular weight is 289 g/mol. The number of amides is 1. The van der Waals surface area contributed by atoms with Crippen LogP contribution in [0, 0.1) is 0 Å². The van der Waals surface area contributed by atoms with Gasteiger partial charge in [-0.15, -0.1) is 0 Å². The Hall–Kier alpha value is -2.37. The number of primary amides is 1. The molecule has 112 valence electrons. The summed E-state index contributed by atoms with van der Waals surface area (Å²) in [4.78, 5) is 26.4. The number of nitrogens with zero attached hydrogens (tertiary/aromatic N) is 2. The van der Waals surface area contributed by atoms with Crippen molar-refractivity contribution in [1.29, 1.82) is 0 Å². The molecular weight excluding hydrogens is 270 g/mol. The van der Waals surface area contributed by atoms with Crippen LogP contribution in [-0.2, 0) is 17.8 Å². The minimum Gasteiger partial charge on any atom is -0.478 e. The average Bonchev–Trinajstić information content (AvgIpc) is 2.80. The highest BCUT2D eigenvalue weighted by Gasteiger charge is 2.12. The molecule has 0 unspecified atom stereocenters. The van der Waals surface area contributed by atoms with Gasteiger partial charge in [0.1, 0.15) is 5.82 Å². The molecule has 0 bridgehead atoms. The van der Waals surface area contributed by atoms with Gasteiger partial charge in [-0.05, 0) is 31.0 Å². The fraction of sp³-hybridized carbons (Fsp3) is 0.400. The zero-order valence-corrected chi connectivity index (χ0v) is 12.0. The number of carboxylic acids is 1. The van der Waals surface area contributed by atoms with Crippen molar-refractivity contribution in [3.05, 3.63) is 29.6 Å². The van der Waals surface area contributed by atoms with E-state index in [-0.39, 0.29) is 11.5 Å². The van der Waals surface area contributed by atoms with Gasteiger partial charge >= 0.3 is 5.97 Å². The Morgan fingerprint density at radius 3 is 2.71 bits per heavy atom. The van der Waals surface area contributed by atoms with Gasteiger partial charge in [0.05, 0.1) is 16.6 Å². The van der Waals surface area contributed by atoms with Crippen LogP contribution in [0.1, 0.15) is 42.4 Å². The second-order valence-electron chi connectivity index (χ2n) is 4.97. The molecule has 3 N–H and O–H groups in total. The van der Waals surface area contributed by atoms with Crippen LogP contribution >= 0.6 is 0 Å². The molecule has 1 aromatic heterocycles. The van der Waals surface area contributed by atoms with Gasteiger partial charge in [-0.25, -0.2) is 9.78 Å². The van der Waals surface area contributed by atoms with Crippen LogP contribution in [0.15, 0.2) is 18.2 Å². The highest BCUT2D eigenvalue weighted by Crippen LogP contribution is 2.19. The maximum atomic E-state index is 11.1. The van der Waals surface area contributed by atoms with Gasteiger partial charge < -0.3 is 15.4 Å². The zero-order chi connectivity index (χ0) is 15.4. The van der Waals surface area contributed by atoms with E-state index in [1.54, 1.807) is 18.2 Å². The highest BCUT2D eigenvalue weighted by molar-refractivity contribution is 5.92. The molecule has 0 saturated heterocycles. The molecule has 0 radical (unpaired) electrons. The molecule has 0 saturated carbocycles. The monoisotopic (exact) mass is 289 g/mol. The van der Waals surface area contributed by atoms with E-state index < -0.39 is 5.97 Å². The van der Waals surface area contributed by atoms with Crippen molar-refractivity contribution < 1.29 is 14.7 Å². The number of benzene rings is 1. The van der Waals surface area contributed by atoms with E-state index in [0.717, 1.165) is 36.1 Å². The molecule has 2 rings (SSSR count). The lowest BCUT2D eigenvalue weighted by Gasteiger charge is -2.08. The fourth-order valence-electron chi connectivity index (χ4n) is 2.39. The van der Waals surface area contributed by atoms with Crippen LogP contribution in [0.3, 0.4) is 0 Å². The van der Waals surface area contributed by atoms with Crippen molar-refractivity contribution >= 4 is 22.9 Å². The van der Waals surface area contributed by atoms with E-state index in [9.17, 15) is 9.59 Å². The second-order valence-corrected chi connectivity index (χ2v) is 4.97. The summed E-state index contributed by atoms with van der Waals surface area (Å²) in [6.07, 6.45) is 2.66. The number of aryl methyl sites for hydroxylation is 2. The Kier molecular flexibility index (Phi) is 4.57. The zero-order valence-electron chi connectivity index (χ0n) is 12.0. The Balaban J connectivity index is 2.28. The maximum Gasteiger partial charge on any atom is 0.335 e. The largest absolute Gasteiger partial charge is 0.478 e. The lowest BCUT2D eigenvalue weighted by atomic mass is 10.2. The number of hydrogen-bond donors (Lipinski definition) is 2. The van der Waals surface area contributed by atoms with E-state index in [2.05, 4.69) is 4.98 Å². The van der Waals surface area contributed by atoms with Crippen LogP contribution in [0.5, 0.6) is 0 Å². The predicted octanol–water partition coefficient (Wildman–Crippen LogP) is 1.95. The minimum absolute atomic E-state index is 0.253. The van der Waals surface area contributed by atoms with Crippen molar-refractivity contribution in [1.82, 2.24) is 9.55 Å². The van der Waals surface area contributed by atoms with E-state index in [1.807, 2.05) is 11.5 Å². The van der Waals surface area contributed by atoms with Gasteiger partial charge in [-0.3, -0.25) is 4.79 Å². The van der Waals surface area contributed by atoms with Crippen LogP contribution in [0.2, 0.25) is 0 Å². The molecule has 0 spiro atoms. The predicted molar refractivity (Wildman–Crippen MR) is 79.1 cm³/mol. The van der Waals surface area contributed by atoms with Crippen LogP contribution in [0.4, 0.5) is 0 Å². The first-order chi connectivity index (χ1) is 10.0. The lowest BCUT2D eigenvalue weighted by molar-refractivity contribution is -0.118. The van der Waals surface area contributed by atoms with Gasteiger partial charge in [-0.1, -0.05) is 6.92 Å². The number of imidazole rings is 1. The molecule has 2 aromatic rings. The number of carboxylic acid groups (broad SMARTS) is 1. The number of carbonyl (C=O) groups excluding carboxylic acids is 1. The molecule has 0 aliphatic heterocycles. The number of nitrogens with two attached hydrogens (primary N) is 1. The topological polar surface area (TPSA) is 98.2 Å². The number of fused-ring (bicyclic) bond motifs is 1. The molecule has 6 nitrogen and oxygen atoms in total. The summed E-state index contributed by atoms with van der Waals surface area (Å²) < 4.78 is 2.03. The number of hydrogen-bond acceptors (Lipinski definition) is 3. The van der Waals surface area contributed by atoms with Crippen molar-refractivity contribution in [2.75, 3.05) is 0 Å². The Bertz CT molecular complexity index is 676. The summed E-state index contributed by atoms with van der Waals surface area (Å²) in [5, 5.41) is 9.09. The van der Waals surface area contributed by atoms with Crippen molar-refractivity contribution in [2.45, 2.75) is 39.2 Å². The second kappa shape index (κ2) is 6.39. The Labute approximate surface area is 122 Å². The van der Waals surface area contributed by atoms with E-state index >= 15 is 0 Å².